The van der Waals surface area contributed by atoms with Crippen LogP contribution in [0.5, 0.6) is 0 Å². The molecule has 20 heavy (non-hydrogen) atoms. The molecule has 4 nitrogen and oxygen atoms in total. The van der Waals surface area contributed by atoms with Gasteiger partial charge >= 0.3 is 0 Å². The van der Waals surface area contributed by atoms with Gasteiger partial charge in [0.25, 0.3) is 0 Å². The van der Waals surface area contributed by atoms with E-state index in [1.54, 1.807) is 0 Å². The molecule has 2 saturated heterocycles. The van der Waals surface area contributed by atoms with Gasteiger partial charge in [-0.25, -0.2) is 0 Å². The topological polar surface area (TPSA) is 46.9 Å². The van der Waals surface area contributed by atoms with Crippen LogP contribution in [-0.4, -0.2) is 70.5 Å². The molecule has 0 saturated carbocycles. The Morgan fingerprint density at radius 2 is 1.45 bits per heavy atom. The largest absolute Gasteiger partial charge is 0.393 e. The van der Waals surface area contributed by atoms with Gasteiger partial charge < -0.3 is 15.1 Å². The third-order valence-electron chi connectivity index (χ3n) is 5.18. The molecule has 0 aromatic carbocycles. The fraction of sp³-hybridized carbons (Fsp3) is 1.00. The molecule has 2 aliphatic rings. The van der Waals surface area contributed by atoms with Crippen molar-refractivity contribution >= 4 is 0 Å². The Kier molecular flexibility index (Phi) is 6.27. The van der Waals surface area contributed by atoms with Gasteiger partial charge in [0.1, 0.15) is 0 Å². The first kappa shape index (κ1) is 16.2. The highest BCUT2D eigenvalue weighted by molar-refractivity contribution is 4.80. The lowest BCUT2D eigenvalue weighted by Gasteiger charge is -2.37. The summed E-state index contributed by atoms with van der Waals surface area (Å²) < 4.78 is 0. The molecule has 2 aliphatic heterocycles. The highest BCUT2D eigenvalue weighted by Gasteiger charge is 2.24. The number of aliphatic hydroxyl groups is 2. The number of hydrogen-bond acceptors (Lipinski definition) is 4. The molecule has 118 valence electrons. The predicted molar refractivity (Wildman–Crippen MR) is 81.8 cm³/mol. The van der Waals surface area contributed by atoms with Gasteiger partial charge in [0, 0.05) is 31.7 Å². The molecule has 4 heteroatoms. The first-order chi connectivity index (χ1) is 9.56. The molecule has 0 spiro atoms. The maximum Gasteiger partial charge on any atom is 0.0667 e. The van der Waals surface area contributed by atoms with Crippen molar-refractivity contribution in [2.75, 3.05) is 26.2 Å². The number of hydrogen-bond donors (Lipinski definition) is 2. The van der Waals surface area contributed by atoms with E-state index < -0.39 is 0 Å². The zero-order valence-electron chi connectivity index (χ0n) is 13.2. The van der Waals surface area contributed by atoms with Crippen LogP contribution >= 0.6 is 0 Å². The fourth-order valence-corrected chi connectivity index (χ4v) is 3.56. The summed E-state index contributed by atoms with van der Waals surface area (Å²) in [6, 6.07) is 1.18. The SMILES string of the molecule is CC(CCC(C)N1CCCC(O)C1)N1CCC(O)CC1. The maximum absolute atomic E-state index is 9.76. The molecule has 3 unspecified atom stereocenters. The Morgan fingerprint density at radius 3 is 2.05 bits per heavy atom. The van der Waals surface area contributed by atoms with Crippen molar-refractivity contribution in [2.24, 2.45) is 0 Å². The van der Waals surface area contributed by atoms with Crippen molar-refractivity contribution in [3.05, 3.63) is 0 Å². The summed E-state index contributed by atoms with van der Waals surface area (Å²) in [7, 11) is 0. The van der Waals surface area contributed by atoms with E-state index in [1.165, 1.54) is 12.8 Å². The number of nitrogens with zero attached hydrogens (tertiary/aromatic N) is 2. The molecule has 2 fully saturated rings. The van der Waals surface area contributed by atoms with Gasteiger partial charge in [-0.3, -0.25) is 4.90 Å². The van der Waals surface area contributed by atoms with Crippen molar-refractivity contribution in [3.63, 3.8) is 0 Å². The van der Waals surface area contributed by atoms with E-state index in [9.17, 15) is 10.2 Å². The lowest BCUT2D eigenvalue weighted by Crippen LogP contribution is -2.45. The number of likely N-dealkylation sites (tertiary alicyclic amines) is 2. The van der Waals surface area contributed by atoms with Crippen LogP contribution in [0.4, 0.5) is 0 Å². The second kappa shape index (κ2) is 7.74. The molecule has 2 heterocycles. The summed E-state index contributed by atoms with van der Waals surface area (Å²) in [6.45, 7) is 8.69. The Morgan fingerprint density at radius 1 is 0.850 bits per heavy atom. The predicted octanol–water partition coefficient (Wildman–Crippen LogP) is 1.46. The molecule has 0 radical (unpaired) electrons. The molecular weight excluding hydrogens is 252 g/mol. The highest BCUT2D eigenvalue weighted by atomic mass is 16.3. The molecule has 0 aromatic rings. The van der Waals surface area contributed by atoms with E-state index in [2.05, 4.69) is 23.6 Å². The van der Waals surface area contributed by atoms with Gasteiger partial charge in [0.05, 0.1) is 12.2 Å². The molecular formula is C16H32N2O2. The molecule has 0 aromatic heterocycles. The summed E-state index contributed by atoms with van der Waals surface area (Å²) >= 11 is 0. The number of piperidine rings is 2. The molecule has 0 aliphatic carbocycles. The lowest BCUT2D eigenvalue weighted by atomic mass is 10.00. The fourth-order valence-electron chi connectivity index (χ4n) is 3.56. The lowest BCUT2D eigenvalue weighted by molar-refractivity contribution is 0.0406. The van der Waals surface area contributed by atoms with E-state index in [1.807, 2.05) is 0 Å². The Balaban J connectivity index is 1.68. The van der Waals surface area contributed by atoms with E-state index in [0.717, 1.165) is 51.9 Å². The number of β-amino-alcohol motifs (C(OH)–C–C–N with tert-alkyl or cyclic N) is 1. The third-order valence-corrected chi connectivity index (χ3v) is 5.18. The van der Waals surface area contributed by atoms with E-state index >= 15 is 0 Å². The Bertz CT molecular complexity index is 280. The quantitative estimate of drug-likeness (QED) is 0.802. The van der Waals surface area contributed by atoms with Crippen molar-refractivity contribution in [3.8, 4) is 0 Å². The van der Waals surface area contributed by atoms with Crippen LogP contribution in [0.1, 0.15) is 52.4 Å². The molecule has 0 bridgehead atoms. The van der Waals surface area contributed by atoms with Crippen molar-refractivity contribution in [1.82, 2.24) is 9.80 Å². The Hall–Kier alpha value is -0.160. The summed E-state index contributed by atoms with van der Waals surface area (Å²) in [6.07, 6.45) is 6.17. The smallest absolute Gasteiger partial charge is 0.0667 e. The van der Waals surface area contributed by atoms with Gasteiger partial charge in [-0.05, 0) is 58.9 Å². The molecule has 2 N–H and O–H groups in total. The van der Waals surface area contributed by atoms with Crippen LogP contribution in [0.15, 0.2) is 0 Å². The van der Waals surface area contributed by atoms with Crippen LogP contribution in [0.2, 0.25) is 0 Å². The van der Waals surface area contributed by atoms with Crippen molar-refractivity contribution < 1.29 is 10.2 Å². The normalized spacial score (nSPS) is 30.3. The third kappa shape index (κ3) is 4.69. The summed E-state index contributed by atoms with van der Waals surface area (Å²) in [5.41, 5.74) is 0. The molecule has 2 rings (SSSR count). The zero-order valence-corrected chi connectivity index (χ0v) is 13.2. The van der Waals surface area contributed by atoms with Crippen LogP contribution < -0.4 is 0 Å². The van der Waals surface area contributed by atoms with Crippen LogP contribution in [0.25, 0.3) is 0 Å². The summed E-state index contributed by atoms with van der Waals surface area (Å²) in [4.78, 5) is 4.96. The first-order valence-electron chi connectivity index (χ1n) is 8.40. The molecule has 3 atom stereocenters. The summed E-state index contributed by atoms with van der Waals surface area (Å²) in [5.74, 6) is 0. The van der Waals surface area contributed by atoms with E-state index in [4.69, 9.17) is 0 Å². The average molecular weight is 284 g/mol. The first-order valence-corrected chi connectivity index (χ1v) is 8.40. The van der Waals surface area contributed by atoms with Crippen LogP contribution in [0.3, 0.4) is 0 Å². The van der Waals surface area contributed by atoms with E-state index in [-0.39, 0.29) is 12.2 Å². The average Bonchev–Trinajstić information content (AvgIpc) is 2.45. The van der Waals surface area contributed by atoms with Gasteiger partial charge in [-0.15, -0.1) is 0 Å². The number of aliphatic hydroxyl groups excluding tert-OH is 2. The number of rotatable bonds is 5. The minimum Gasteiger partial charge on any atom is -0.393 e. The van der Waals surface area contributed by atoms with Crippen molar-refractivity contribution in [2.45, 2.75) is 76.7 Å². The monoisotopic (exact) mass is 284 g/mol. The minimum atomic E-state index is -0.118. The zero-order chi connectivity index (χ0) is 14.5. The van der Waals surface area contributed by atoms with Crippen molar-refractivity contribution in [1.29, 1.82) is 0 Å². The van der Waals surface area contributed by atoms with E-state index in [0.29, 0.717) is 12.1 Å². The van der Waals surface area contributed by atoms with Crippen LogP contribution in [-0.2, 0) is 0 Å². The van der Waals surface area contributed by atoms with Crippen LogP contribution in [0, 0.1) is 0 Å². The van der Waals surface area contributed by atoms with Gasteiger partial charge in [-0.1, -0.05) is 0 Å². The summed E-state index contributed by atoms with van der Waals surface area (Å²) in [5, 5.41) is 19.3. The Labute approximate surface area is 123 Å². The second-order valence-electron chi connectivity index (χ2n) is 6.83. The second-order valence-corrected chi connectivity index (χ2v) is 6.83. The minimum absolute atomic E-state index is 0.0767. The standard InChI is InChI=1S/C16H32N2O2/c1-13(17-10-7-15(19)8-11-17)5-6-14(2)18-9-3-4-16(20)12-18/h13-16,19-20H,3-12H2,1-2H3. The van der Waals surface area contributed by atoms with Gasteiger partial charge in [0.2, 0.25) is 0 Å². The highest BCUT2D eigenvalue weighted by Crippen LogP contribution is 2.19. The maximum atomic E-state index is 9.76. The van der Waals surface area contributed by atoms with Gasteiger partial charge in [-0.2, -0.15) is 0 Å². The molecule has 0 amide bonds. The van der Waals surface area contributed by atoms with Gasteiger partial charge in [0.15, 0.2) is 0 Å².